The Kier molecular flexibility index (Phi) is 2.22. The quantitative estimate of drug-likeness (QED) is 0.595. The van der Waals surface area contributed by atoms with Gasteiger partial charge < -0.3 is 0 Å². The van der Waals surface area contributed by atoms with Gasteiger partial charge in [0.25, 0.3) is 0 Å². The van der Waals surface area contributed by atoms with Crippen LogP contribution < -0.4 is 0 Å². The van der Waals surface area contributed by atoms with Crippen molar-refractivity contribution in [1.29, 1.82) is 0 Å². The molecule has 2 rings (SSSR count). The van der Waals surface area contributed by atoms with Crippen LogP contribution in [0.5, 0.6) is 0 Å². The summed E-state index contributed by atoms with van der Waals surface area (Å²) in [6.45, 7) is 9.86. The Morgan fingerprint density at radius 2 is 2.07 bits per heavy atom. The normalized spacial score (nSPS) is 23.1. The molecule has 0 fully saturated rings. The Bertz CT molecular complexity index is 485. The summed E-state index contributed by atoms with van der Waals surface area (Å²) in [5.41, 5.74) is 6.34. The second kappa shape index (κ2) is 3.42. The van der Waals surface area contributed by atoms with Crippen LogP contribution in [0.25, 0.3) is 5.57 Å². The third kappa shape index (κ3) is 1.49. The molecule has 74 valence electrons. The number of hydrogen-bond donors (Lipinski definition) is 0. The summed E-state index contributed by atoms with van der Waals surface area (Å²) in [7, 11) is 0. The maximum Gasteiger partial charge on any atom is 0.0367 e. The molecule has 0 saturated heterocycles. The van der Waals surface area contributed by atoms with E-state index in [1.165, 1.54) is 11.1 Å². The van der Waals surface area contributed by atoms with Crippen molar-refractivity contribution in [2.45, 2.75) is 12.3 Å². The van der Waals surface area contributed by atoms with Crippen molar-refractivity contribution in [2.24, 2.45) is 0 Å². The highest BCUT2D eigenvalue weighted by Crippen LogP contribution is 2.37. The molecule has 0 N–H and O–H groups in total. The molecule has 0 heteroatoms. The predicted octanol–water partition coefficient (Wildman–Crippen LogP) is 3.87. The van der Waals surface area contributed by atoms with Gasteiger partial charge in [0.15, 0.2) is 0 Å². The smallest absolute Gasteiger partial charge is 0.0367 e. The number of fused-ring (bicyclic) bond motifs is 1. The summed E-state index contributed by atoms with van der Waals surface area (Å²) in [5.74, 6) is 0. The lowest BCUT2D eigenvalue weighted by molar-refractivity contribution is 0.750. The first-order valence-electron chi connectivity index (χ1n) is 5.02. The van der Waals surface area contributed by atoms with Gasteiger partial charge in [-0.05, 0) is 29.7 Å². The summed E-state index contributed by atoms with van der Waals surface area (Å²) in [6.07, 6.45) is 6.21. The Morgan fingerprint density at radius 3 is 2.80 bits per heavy atom. The molecule has 1 aromatic carbocycles. The highest BCUT2D eigenvalue weighted by Gasteiger charge is 2.26. The largest absolute Gasteiger partial charge is 0.132 e. The number of allylic oxidation sites excluding steroid dienone is 4. The Balaban J connectivity index is 2.69. The lowest BCUT2D eigenvalue weighted by Gasteiger charge is -2.28. The molecule has 0 nitrogen and oxygen atoms in total. The van der Waals surface area contributed by atoms with E-state index in [4.69, 9.17) is 0 Å². The highest BCUT2D eigenvalue weighted by atomic mass is 14.3. The first kappa shape index (κ1) is 9.76. The monoisotopic (exact) mass is 194 g/mol. The minimum atomic E-state index is -0.0977. The second-order valence-electron chi connectivity index (χ2n) is 4.04. The summed E-state index contributed by atoms with van der Waals surface area (Å²) in [6, 6.07) is 8.34. The lowest BCUT2D eigenvalue weighted by atomic mass is 9.74. The summed E-state index contributed by atoms with van der Waals surface area (Å²) in [4.78, 5) is 0. The molecule has 0 radical (unpaired) electrons. The van der Waals surface area contributed by atoms with Crippen molar-refractivity contribution in [1.82, 2.24) is 0 Å². The van der Waals surface area contributed by atoms with Crippen LogP contribution in [0.4, 0.5) is 0 Å². The van der Waals surface area contributed by atoms with Crippen LogP contribution in [-0.2, 0) is 5.41 Å². The molecule has 0 heterocycles. The van der Waals surface area contributed by atoms with Crippen molar-refractivity contribution in [2.75, 3.05) is 0 Å². The van der Waals surface area contributed by atoms with Gasteiger partial charge in [-0.1, -0.05) is 49.6 Å². The molecule has 0 amide bonds. The van der Waals surface area contributed by atoms with Gasteiger partial charge in [-0.2, -0.15) is 0 Å². The molecule has 0 spiro atoms. The zero-order chi connectivity index (χ0) is 10.9. The van der Waals surface area contributed by atoms with Crippen molar-refractivity contribution in [3.8, 4) is 0 Å². The average molecular weight is 194 g/mol. The number of rotatable bonds is 1. The molecule has 1 unspecified atom stereocenters. The van der Waals surface area contributed by atoms with Gasteiger partial charge in [-0.15, -0.1) is 5.73 Å². The fourth-order valence-electron chi connectivity index (χ4n) is 2.02. The lowest BCUT2D eigenvalue weighted by Crippen LogP contribution is -2.20. The molecule has 1 atom stereocenters. The van der Waals surface area contributed by atoms with E-state index in [0.717, 1.165) is 5.57 Å². The van der Waals surface area contributed by atoms with E-state index < -0.39 is 0 Å². The third-order valence-electron chi connectivity index (χ3n) is 2.89. The molecular formula is C15H14. The third-order valence-corrected chi connectivity index (χ3v) is 2.89. The van der Waals surface area contributed by atoms with E-state index in [0.29, 0.717) is 0 Å². The molecule has 0 aliphatic heterocycles. The highest BCUT2D eigenvalue weighted by molar-refractivity contribution is 5.78. The van der Waals surface area contributed by atoms with Crippen molar-refractivity contribution in [3.05, 3.63) is 72.5 Å². The van der Waals surface area contributed by atoms with Gasteiger partial charge in [0.1, 0.15) is 0 Å². The standard InChI is InChI=1S/C15H14/c1-4-10-15(3)11-9-12(2)13-7-5-6-8-14(13)15/h5-11H,1-2H2,3H3. The molecule has 1 aliphatic rings. The first-order chi connectivity index (χ1) is 7.17. The topological polar surface area (TPSA) is 0 Å². The van der Waals surface area contributed by atoms with Crippen LogP contribution >= 0.6 is 0 Å². The molecule has 1 aromatic rings. The van der Waals surface area contributed by atoms with Gasteiger partial charge in [-0.25, -0.2) is 0 Å². The SMILES string of the molecule is C=C=CC1(C)C=CC(=C)c2ccccc21. The minimum absolute atomic E-state index is 0.0977. The van der Waals surface area contributed by atoms with Gasteiger partial charge >= 0.3 is 0 Å². The van der Waals surface area contributed by atoms with E-state index in [-0.39, 0.29) is 5.41 Å². The van der Waals surface area contributed by atoms with E-state index in [9.17, 15) is 0 Å². The average Bonchev–Trinajstić information content (AvgIpc) is 2.25. The van der Waals surface area contributed by atoms with E-state index in [1.807, 2.05) is 12.1 Å². The Morgan fingerprint density at radius 1 is 1.33 bits per heavy atom. The molecule has 15 heavy (non-hydrogen) atoms. The predicted molar refractivity (Wildman–Crippen MR) is 65.7 cm³/mol. The molecular weight excluding hydrogens is 180 g/mol. The number of hydrogen-bond acceptors (Lipinski definition) is 0. The van der Waals surface area contributed by atoms with Crippen LogP contribution in [0.15, 0.2) is 61.4 Å². The summed E-state index contributed by atoms with van der Waals surface area (Å²) >= 11 is 0. The fraction of sp³-hybridized carbons (Fsp3) is 0.133. The molecule has 0 aromatic heterocycles. The van der Waals surface area contributed by atoms with Gasteiger partial charge in [-0.3, -0.25) is 0 Å². The molecule has 0 saturated carbocycles. The minimum Gasteiger partial charge on any atom is -0.132 e. The van der Waals surface area contributed by atoms with Gasteiger partial charge in [0, 0.05) is 5.41 Å². The molecule has 1 aliphatic carbocycles. The second-order valence-corrected chi connectivity index (χ2v) is 4.04. The van der Waals surface area contributed by atoms with Crippen LogP contribution in [0, 0.1) is 0 Å². The first-order valence-corrected chi connectivity index (χ1v) is 5.02. The van der Waals surface area contributed by atoms with Crippen molar-refractivity contribution < 1.29 is 0 Å². The zero-order valence-corrected chi connectivity index (χ0v) is 8.96. The number of benzene rings is 1. The molecule has 0 bridgehead atoms. The maximum atomic E-state index is 4.04. The maximum absolute atomic E-state index is 4.04. The van der Waals surface area contributed by atoms with Gasteiger partial charge in [0.2, 0.25) is 0 Å². The van der Waals surface area contributed by atoms with Crippen LogP contribution in [-0.4, -0.2) is 0 Å². The van der Waals surface area contributed by atoms with E-state index >= 15 is 0 Å². The van der Waals surface area contributed by atoms with Crippen LogP contribution in [0.3, 0.4) is 0 Å². The Hall–Kier alpha value is -1.78. The van der Waals surface area contributed by atoms with Crippen LogP contribution in [0.2, 0.25) is 0 Å². The van der Waals surface area contributed by atoms with E-state index in [1.54, 1.807) is 0 Å². The van der Waals surface area contributed by atoms with Crippen molar-refractivity contribution in [3.63, 3.8) is 0 Å². The van der Waals surface area contributed by atoms with Crippen molar-refractivity contribution >= 4 is 5.57 Å². The zero-order valence-electron chi connectivity index (χ0n) is 8.96. The Labute approximate surface area is 91.0 Å². The summed E-state index contributed by atoms with van der Waals surface area (Å²) < 4.78 is 0. The van der Waals surface area contributed by atoms with Gasteiger partial charge in [0.05, 0.1) is 0 Å². The summed E-state index contributed by atoms with van der Waals surface area (Å²) in [5, 5.41) is 0. The van der Waals surface area contributed by atoms with Crippen LogP contribution in [0.1, 0.15) is 18.1 Å². The van der Waals surface area contributed by atoms with E-state index in [2.05, 4.69) is 56.2 Å². The fourth-order valence-corrected chi connectivity index (χ4v) is 2.02.